The van der Waals surface area contributed by atoms with E-state index in [1.54, 1.807) is 0 Å². The molecule has 1 aromatic carbocycles. The number of hydrogen-bond acceptors (Lipinski definition) is 8. The molecule has 0 radical (unpaired) electrons. The minimum absolute atomic E-state index is 0.0678. The van der Waals surface area contributed by atoms with E-state index < -0.39 is 0 Å². The third kappa shape index (κ3) is 7.90. The molecule has 172 valence electrons. The summed E-state index contributed by atoms with van der Waals surface area (Å²) in [6, 6.07) is 12.0. The van der Waals surface area contributed by atoms with Crippen molar-refractivity contribution in [3.8, 4) is 5.88 Å². The lowest BCUT2D eigenvalue weighted by Crippen LogP contribution is -2.36. The van der Waals surface area contributed by atoms with Crippen LogP contribution in [0.3, 0.4) is 0 Å². The molecule has 9 heteroatoms. The first kappa shape index (κ1) is 23.6. The number of hydrogen-bond donors (Lipinski definition) is 2. The Labute approximate surface area is 188 Å². The third-order valence-corrected chi connectivity index (χ3v) is 4.89. The Kier molecular flexibility index (Phi) is 9.39. The van der Waals surface area contributed by atoms with E-state index >= 15 is 0 Å². The molecule has 2 N–H and O–H groups in total. The summed E-state index contributed by atoms with van der Waals surface area (Å²) < 4.78 is 11.3. The van der Waals surface area contributed by atoms with Gasteiger partial charge in [-0.2, -0.15) is 10.1 Å². The number of rotatable bonds is 11. The highest BCUT2D eigenvalue weighted by atomic mass is 16.5. The number of aliphatic hydroxyl groups is 1. The van der Waals surface area contributed by atoms with E-state index in [9.17, 15) is 4.79 Å². The summed E-state index contributed by atoms with van der Waals surface area (Å²) in [4.78, 5) is 18.3. The minimum Gasteiger partial charge on any atom is -0.478 e. The number of ether oxygens (including phenoxy) is 2. The fourth-order valence-electron chi connectivity index (χ4n) is 3.30. The molecule has 3 rings (SSSR count). The zero-order chi connectivity index (χ0) is 22.6. The summed E-state index contributed by atoms with van der Waals surface area (Å²) in [5.74, 6) is 0.829. The molecule has 1 amide bonds. The van der Waals surface area contributed by atoms with Crippen molar-refractivity contribution < 1.29 is 19.4 Å². The van der Waals surface area contributed by atoms with Gasteiger partial charge >= 0.3 is 0 Å². The van der Waals surface area contributed by atoms with Gasteiger partial charge in [0.15, 0.2) is 5.82 Å². The zero-order valence-electron chi connectivity index (χ0n) is 18.5. The van der Waals surface area contributed by atoms with Gasteiger partial charge in [-0.25, -0.2) is 0 Å². The highest BCUT2D eigenvalue weighted by Crippen LogP contribution is 2.26. The Bertz CT molecular complexity index is 900. The average Bonchev–Trinajstić information content (AvgIpc) is 2.81. The maximum Gasteiger partial charge on any atom is 0.220 e. The number of benzene rings is 1. The summed E-state index contributed by atoms with van der Waals surface area (Å²) in [5.41, 5.74) is 3.24. The summed E-state index contributed by atoms with van der Waals surface area (Å²) in [7, 11) is 0. The van der Waals surface area contributed by atoms with Gasteiger partial charge in [-0.15, -0.1) is 5.11 Å². The van der Waals surface area contributed by atoms with Crippen molar-refractivity contribution in [3.63, 3.8) is 0 Å². The number of morpholine rings is 1. The van der Waals surface area contributed by atoms with E-state index in [2.05, 4.69) is 31.5 Å². The molecule has 0 spiro atoms. The number of pyridine rings is 1. The number of aryl methyl sites for hydroxylation is 1. The average molecular weight is 442 g/mol. The van der Waals surface area contributed by atoms with Gasteiger partial charge < -0.3 is 24.8 Å². The van der Waals surface area contributed by atoms with Crippen molar-refractivity contribution >= 4 is 17.4 Å². The molecule has 0 bridgehead atoms. The van der Waals surface area contributed by atoms with Crippen molar-refractivity contribution in [1.29, 1.82) is 0 Å². The second kappa shape index (κ2) is 12.7. The Hall–Kier alpha value is -3.04. The topological polar surface area (TPSA) is 109 Å². The van der Waals surface area contributed by atoms with Crippen LogP contribution in [0.15, 0.2) is 46.6 Å². The lowest BCUT2D eigenvalue weighted by atomic mass is 10.1. The number of aliphatic hydroxyl groups excluding tert-OH is 1. The fourth-order valence-corrected chi connectivity index (χ4v) is 3.30. The number of amides is 1. The number of nitrogens with zero attached hydrogens (tertiary/aromatic N) is 4. The molecule has 9 nitrogen and oxygen atoms in total. The SMILES string of the molecule is Cc1cccc(CN=Nc2cc(N3CCOCC3)cc(OCCCC(=O)NCCO)n2)c1. The van der Waals surface area contributed by atoms with E-state index in [4.69, 9.17) is 14.6 Å². The van der Waals surface area contributed by atoms with Crippen molar-refractivity contribution in [2.24, 2.45) is 10.2 Å². The van der Waals surface area contributed by atoms with Gasteiger partial charge in [0.1, 0.15) is 0 Å². The molecule has 1 aliphatic heterocycles. The third-order valence-electron chi connectivity index (χ3n) is 4.89. The molecule has 1 saturated heterocycles. The van der Waals surface area contributed by atoms with Crippen molar-refractivity contribution in [1.82, 2.24) is 10.3 Å². The molecule has 0 aliphatic carbocycles. The van der Waals surface area contributed by atoms with Crippen LogP contribution in [0.1, 0.15) is 24.0 Å². The van der Waals surface area contributed by atoms with Gasteiger partial charge in [0.2, 0.25) is 11.8 Å². The van der Waals surface area contributed by atoms with Gasteiger partial charge in [0.05, 0.1) is 33.0 Å². The molecule has 0 unspecified atom stereocenters. The standard InChI is InChI=1S/C23H31N5O4/c1-18-4-2-5-19(14-18)17-25-27-21-15-20(28-8-12-31-13-9-28)16-23(26-21)32-11-3-6-22(30)24-7-10-29/h2,4-5,14-16,29H,3,6-13,17H2,1H3,(H,24,30). The molecule has 0 atom stereocenters. The number of nitrogens with one attached hydrogen (secondary N) is 1. The molecule has 2 heterocycles. The van der Waals surface area contributed by atoms with Crippen LogP contribution in [0.2, 0.25) is 0 Å². The molecule has 1 aromatic heterocycles. The van der Waals surface area contributed by atoms with Crippen LogP contribution < -0.4 is 15.0 Å². The second-order valence-electron chi connectivity index (χ2n) is 7.54. The van der Waals surface area contributed by atoms with Gasteiger partial charge in [-0.05, 0) is 18.9 Å². The van der Waals surface area contributed by atoms with Crippen molar-refractivity contribution in [2.45, 2.75) is 26.3 Å². The van der Waals surface area contributed by atoms with E-state index in [0.29, 0.717) is 50.9 Å². The quantitative estimate of drug-likeness (QED) is 0.410. The van der Waals surface area contributed by atoms with Gasteiger partial charge in [-0.1, -0.05) is 29.8 Å². The summed E-state index contributed by atoms with van der Waals surface area (Å²) >= 11 is 0. The fraction of sp³-hybridized carbons (Fsp3) is 0.478. The van der Waals surface area contributed by atoms with Crippen LogP contribution in [0, 0.1) is 6.92 Å². The maximum atomic E-state index is 11.6. The molecule has 32 heavy (non-hydrogen) atoms. The molecule has 0 saturated carbocycles. The minimum atomic E-state index is -0.108. The van der Waals surface area contributed by atoms with Crippen molar-refractivity contribution in [2.75, 3.05) is 51.0 Å². The monoisotopic (exact) mass is 441 g/mol. The van der Waals surface area contributed by atoms with Gasteiger partial charge in [0, 0.05) is 43.9 Å². The first-order valence-corrected chi connectivity index (χ1v) is 10.9. The Morgan fingerprint density at radius 3 is 2.91 bits per heavy atom. The first-order valence-electron chi connectivity index (χ1n) is 10.9. The lowest BCUT2D eigenvalue weighted by Gasteiger charge is -2.29. The molecule has 2 aromatic rings. The summed E-state index contributed by atoms with van der Waals surface area (Å²) in [5, 5.41) is 20.0. The van der Waals surface area contributed by atoms with E-state index in [-0.39, 0.29) is 19.1 Å². The van der Waals surface area contributed by atoms with Crippen molar-refractivity contribution in [3.05, 3.63) is 47.5 Å². The van der Waals surface area contributed by atoms with Crippen LogP contribution >= 0.6 is 0 Å². The normalized spacial score (nSPS) is 14.0. The van der Waals surface area contributed by atoms with E-state index in [1.165, 1.54) is 5.56 Å². The van der Waals surface area contributed by atoms with E-state index in [0.717, 1.165) is 24.3 Å². The number of carbonyl (C=O) groups is 1. The molecular formula is C23H31N5O4. The largest absolute Gasteiger partial charge is 0.478 e. The predicted molar refractivity (Wildman–Crippen MR) is 121 cm³/mol. The summed E-state index contributed by atoms with van der Waals surface area (Å²) in [6.07, 6.45) is 0.872. The van der Waals surface area contributed by atoms with Crippen LogP contribution in [0.4, 0.5) is 11.5 Å². The molecule has 1 aliphatic rings. The zero-order valence-corrected chi connectivity index (χ0v) is 18.5. The Balaban J connectivity index is 1.64. The number of azo groups is 1. The smallest absolute Gasteiger partial charge is 0.220 e. The van der Waals surface area contributed by atoms with Gasteiger partial charge in [0.25, 0.3) is 0 Å². The number of aromatic nitrogens is 1. The number of carbonyl (C=O) groups excluding carboxylic acids is 1. The van der Waals surface area contributed by atoms with Crippen LogP contribution in [-0.4, -0.2) is 62.1 Å². The Morgan fingerprint density at radius 2 is 2.12 bits per heavy atom. The summed E-state index contributed by atoms with van der Waals surface area (Å²) in [6.45, 7) is 5.99. The van der Waals surface area contributed by atoms with Crippen LogP contribution in [0.5, 0.6) is 5.88 Å². The lowest BCUT2D eigenvalue weighted by molar-refractivity contribution is -0.121. The maximum absolute atomic E-state index is 11.6. The van der Waals surface area contributed by atoms with E-state index in [1.807, 2.05) is 37.3 Å². The number of anilines is 1. The van der Waals surface area contributed by atoms with Gasteiger partial charge in [-0.3, -0.25) is 4.79 Å². The van der Waals surface area contributed by atoms with Crippen LogP contribution in [0.25, 0.3) is 0 Å². The molecule has 1 fully saturated rings. The second-order valence-corrected chi connectivity index (χ2v) is 7.54. The molecular weight excluding hydrogens is 410 g/mol. The highest BCUT2D eigenvalue weighted by molar-refractivity contribution is 5.75. The first-order chi connectivity index (χ1) is 15.6. The predicted octanol–water partition coefficient (Wildman–Crippen LogP) is 2.78. The highest BCUT2D eigenvalue weighted by Gasteiger charge is 2.14. The Morgan fingerprint density at radius 1 is 1.28 bits per heavy atom. The van der Waals surface area contributed by atoms with Crippen LogP contribution in [-0.2, 0) is 16.1 Å².